The van der Waals surface area contributed by atoms with Gasteiger partial charge in [0.25, 0.3) is 0 Å². The zero-order valence-electron chi connectivity index (χ0n) is 20.9. The fourth-order valence-electron chi connectivity index (χ4n) is 3.98. The third-order valence-electron chi connectivity index (χ3n) is 6.72. The van der Waals surface area contributed by atoms with Crippen LogP contribution in [0.15, 0.2) is 0 Å². The minimum atomic E-state index is -2.03. The molecule has 30 heavy (non-hydrogen) atoms. The molecule has 0 aliphatic carbocycles. The monoisotopic (exact) mass is 464 g/mol. The Kier molecular flexibility index (Phi) is 16.9. The molecule has 0 fully saturated rings. The van der Waals surface area contributed by atoms with E-state index in [0.717, 1.165) is 57.2 Å². The molecule has 0 aliphatic heterocycles. The predicted octanol–water partition coefficient (Wildman–Crippen LogP) is 5.05. The second-order valence-corrected chi connectivity index (χ2v) is 16.3. The maximum Gasteiger partial charge on any atom is 0.334 e. The largest absolute Gasteiger partial charge is 0.398 e. The normalized spacial score (nSPS) is 13.2. The molecule has 0 spiro atoms. The third-order valence-corrected chi connectivity index (χ3v) is 12.7. The van der Waals surface area contributed by atoms with E-state index in [9.17, 15) is 0 Å². The molecule has 4 N–H and O–H groups in total. The molecule has 0 aromatic carbocycles. The molecule has 0 aromatic rings. The summed E-state index contributed by atoms with van der Waals surface area (Å²) < 4.78 is 22.6. The highest BCUT2D eigenvalue weighted by molar-refractivity contribution is 6.66. The fourth-order valence-corrected chi connectivity index (χ4v) is 6.77. The minimum absolute atomic E-state index is 0.118. The Bertz CT molecular complexity index is 385. The van der Waals surface area contributed by atoms with Crippen molar-refractivity contribution in [3.8, 4) is 0 Å². The Labute approximate surface area is 189 Å². The van der Waals surface area contributed by atoms with Crippen LogP contribution in [-0.2, 0) is 17.7 Å². The topological polar surface area (TPSA) is 89.0 Å². The molecule has 6 nitrogen and oxygen atoms in total. The Balaban J connectivity index is 4.55. The van der Waals surface area contributed by atoms with Gasteiger partial charge >= 0.3 is 17.1 Å². The molecule has 0 rings (SSSR count). The van der Waals surface area contributed by atoms with Gasteiger partial charge in [0, 0.05) is 34.0 Å². The lowest BCUT2D eigenvalue weighted by molar-refractivity contribution is 0.240. The minimum Gasteiger partial charge on any atom is -0.398 e. The van der Waals surface area contributed by atoms with Gasteiger partial charge in [-0.3, -0.25) is 0 Å². The quantitative estimate of drug-likeness (QED) is 0.182. The van der Waals surface area contributed by atoms with E-state index in [0.29, 0.717) is 0 Å². The van der Waals surface area contributed by atoms with Gasteiger partial charge in [-0.1, -0.05) is 38.5 Å². The van der Waals surface area contributed by atoms with Crippen LogP contribution in [0.1, 0.15) is 77.0 Å². The molecular formula is C22H52N2O4Si2. The van der Waals surface area contributed by atoms with E-state index in [-0.39, 0.29) is 5.54 Å². The van der Waals surface area contributed by atoms with Crippen LogP contribution < -0.4 is 11.5 Å². The average Bonchev–Trinajstić information content (AvgIpc) is 2.75. The van der Waals surface area contributed by atoms with Gasteiger partial charge in [0.1, 0.15) is 0 Å². The highest BCUT2D eigenvalue weighted by atomic mass is 28.4. The van der Waals surface area contributed by atoms with E-state index in [1.54, 1.807) is 28.4 Å². The van der Waals surface area contributed by atoms with Crippen molar-refractivity contribution in [1.29, 1.82) is 0 Å². The first-order chi connectivity index (χ1) is 14.2. The number of hydrogen-bond donors (Lipinski definition) is 2. The van der Waals surface area contributed by atoms with Crippen molar-refractivity contribution in [3.05, 3.63) is 0 Å². The summed E-state index contributed by atoms with van der Waals surface area (Å²) in [6.45, 7) is 5.08. The number of hydrogen-bond acceptors (Lipinski definition) is 6. The molecule has 0 aliphatic rings. The van der Waals surface area contributed by atoms with Crippen molar-refractivity contribution in [1.82, 2.24) is 0 Å². The number of rotatable bonds is 21. The van der Waals surface area contributed by atoms with Gasteiger partial charge in [-0.2, -0.15) is 0 Å². The van der Waals surface area contributed by atoms with Crippen LogP contribution >= 0.6 is 0 Å². The summed E-state index contributed by atoms with van der Waals surface area (Å²) in [5.74, 6) is 0. The molecule has 0 atom stereocenters. The van der Waals surface area contributed by atoms with Crippen LogP contribution in [0.4, 0.5) is 0 Å². The smallest absolute Gasteiger partial charge is 0.334 e. The summed E-state index contributed by atoms with van der Waals surface area (Å²) >= 11 is 0. The Morgan fingerprint density at radius 1 is 0.567 bits per heavy atom. The Morgan fingerprint density at radius 2 is 0.900 bits per heavy atom. The van der Waals surface area contributed by atoms with E-state index in [2.05, 4.69) is 13.1 Å². The molecule has 0 unspecified atom stereocenters. The van der Waals surface area contributed by atoms with E-state index < -0.39 is 17.1 Å². The molecule has 0 bridgehead atoms. The molecule has 8 heteroatoms. The Morgan fingerprint density at radius 3 is 1.27 bits per heavy atom. The standard InChI is InChI=1S/C22H52N2O4Si2/c1-25-29(5,26-2)20-14-17-22(24,18-15-21-30(6,27-3)28-4)16-12-10-8-7-9-11-13-19-23/h7-21,23-24H2,1-6H3. The van der Waals surface area contributed by atoms with Crippen LogP contribution in [0, 0.1) is 0 Å². The van der Waals surface area contributed by atoms with Crippen molar-refractivity contribution in [2.24, 2.45) is 11.5 Å². The molecule has 0 amide bonds. The second kappa shape index (κ2) is 16.8. The maximum absolute atomic E-state index is 6.96. The summed E-state index contributed by atoms with van der Waals surface area (Å²) in [4.78, 5) is 0. The van der Waals surface area contributed by atoms with Gasteiger partial charge in [0.2, 0.25) is 0 Å². The van der Waals surface area contributed by atoms with Crippen LogP contribution in [0.2, 0.25) is 25.2 Å². The van der Waals surface area contributed by atoms with Crippen molar-refractivity contribution >= 4 is 17.1 Å². The first-order valence-corrected chi connectivity index (χ1v) is 17.0. The van der Waals surface area contributed by atoms with Crippen molar-refractivity contribution in [2.45, 2.75) is 108 Å². The SMILES string of the molecule is CO[Si](C)(CCCC(N)(CCCCCCCCCN)CCC[Si](C)(OC)OC)OC. The van der Waals surface area contributed by atoms with Gasteiger partial charge in [-0.15, -0.1) is 0 Å². The molecule has 0 heterocycles. The van der Waals surface area contributed by atoms with E-state index in [1.165, 1.54) is 38.5 Å². The lowest BCUT2D eigenvalue weighted by atomic mass is 9.84. The molecular weight excluding hydrogens is 412 g/mol. The van der Waals surface area contributed by atoms with Gasteiger partial charge in [-0.05, 0) is 70.3 Å². The first kappa shape index (κ1) is 30.2. The van der Waals surface area contributed by atoms with Gasteiger partial charge in [0.15, 0.2) is 0 Å². The van der Waals surface area contributed by atoms with Gasteiger partial charge < -0.3 is 29.2 Å². The van der Waals surface area contributed by atoms with Crippen molar-refractivity contribution in [3.63, 3.8) is 0 Å². The summed E-state index contributed by atoms with van der Waals surface area (Å²) in [6.07, 6.45) is 14.1. The molecule has 0 saturated heterocycles. The number of nitrogens with two attached hydrogens (primary N) is 2. The van der Waals surface area contributed by atoms with E-state index in [1.807, 2.05) is 0 Å². The highest BCUT2D eigenvalue weighted by Gasteiger charge is 2.33. The van der Waals surface area contributed by atoms with Crippen LogP contribution in [-0.4, -0.2) is 57.6 Å². The highest BCUT2D eigenvalue weighted by Crippen LogP contribution is 2.29. The van der Waals surface area contributed by atoms with Crippen molar-refractivity contribution in [2.75, 3.05) is 35.0 Å². The summed E-state index contributed by atoms with van der Waals surface area (Å²) in [5, 5.41) is 0. The summed E-state index contributed by atoms with van der Waals surface area (Å²) in [6, 6.07) is 1.98. The van der Waals surface area contributed by atoms with Crippen LogP contribution in [0.25, 0.3) is 0 Å². The van der Waals surface area contributed by atoms with Gasteiger partial charge in [0.05, 0.1) is 0 Å². The zero-order valence-corrected chi connectivity index (χ0v) is 22.9. The van der Waals surface area contributed by atoms with Crippen LogP contribution in [0.3, 0.4) is 0 Å². The zero-order chi connectivity index (χ0) is 22.9. The van der Waals surface area contributed by atoms with E-state index >= 15 is 0 Å². The molecule has 0 aromatic heterocycles. The Hall–Kier alpha value is 0.194. The maximum atomic E-state index is 6.96. The third kappa shape index (κ3) is 13.6. The van der Waals surface area contributed by atoms with Crippen molar-refractivity contribution < 1.29 is 17.7 Å². The summed E-state index contributed by atoms with van der Waals surface area (Å²) in [5.41, 5.74) is 12.4. The molecule has 0 saturated carbocycles. The lowest BCUT2D eigenvalue weighted by Crippen LogP contribution is -2.42. The van der Waals surface area contributed by atoms with Gasteiger partial charge in [-0.25, -0.2) is 0 Å². The first-order valence-electron chi connectivity index (χ1n) is 11.9. The predicted molar refractivity (Wildman–Crippen MR) is 132 cm³/mol. The molecule has 0 radical (unpaired) electrons. The second-order valence-electron chi connectivity index (χ2n) is 9.17. The summed E-state index contributed by atoms with van der Waals surface area (Å²) in [7, 11) is 3.00. The lowest BCUT2D eigenvalue weighted by Gasteiger charge is -2.32. The number of unbranched alkanes of at least 4 members (excludes halogenated alkanes) is 6. The van der Waals surface area contributed by atoms with E-state index in [4.69, 9.17) is 29.2 Å². The average molecular weight is 465 g/mol. The molecule has 182 valence electrons. The fraction of sp³-hybridized carbons (Fsp3) is 1.00. The van der Waals surface area contributed by atoms with Crippen LogP contribution in [0.5, 0.6) is 0 Å².